The first kappa shape index (κ1) is 21.5. The van der Waals surface area contributed by atoms with Gasteiger partial charge in [-0.2, -0.15) is 0 Å². The Morgan fingerprint density at radius 2 is 1.43 bits per heavy atom. The van der Waals surface area contributed by atoms with Gasteiger partial charge in [-0.25, -0.2) is 13.2 Å². The summed E-state index contributed by atoms with van der Waals surface area (Å²) in [5.74, 6) is -0.357. The van der Waals surface area contributed by atoms with Crippen molar-refractivity contribution in [1.29, 1.82) is 0 Å². The van der Waals surface area contributed by atoms with Crippen LogP contribution in [0.2, 0.25) is 0 Å². The van der Waals surface area contributed by atoms with Gasteiger partial charge < -0.3 is 5.32 Å². The van der Waals surface area contributed by atoms with Crippen LogP contribution < -0.4 is 10.2 Å². The van der Waals surface area contributed by atoms with E-state index in [1.54, 1.807) is 12.1 Å². The molecule has 1 N–H and O–H groups in total. The van der Waals surface area contributed by atoms with Gasteiger partial charge in [-0.1, -0.05) is 42.5 Å². The summed E-state index contributed by atoms with van der Waals surface area (Å²) < 4.78 is 25.6. The van der Waals surface area contributed by atoms with E-state index in [-0.39, 0.29) is 15.5 Å². The molecule has 0 unspecified atom stereocenters. The van der Waals surface area contributed by atoms with E-state index < -0.39 is 15.8 Å². The zero-order valence-corrected chi connectivity index (χ0v) is 17.4. The Morgan fingerprint density at radius 1 is 0.833 bits per heavy atom. The maximum atomic E-state index is 12.8. The van der Waals surface area contributed by atoms with Gasteiger partial charge in [0, 0.05) is 13.5 Å². The molecule has 0 fully saturated rings. The van der Waals surface area contributed by atoms with Gasteiger partial charge in [0.25, 0.3) is 0 Å². The van der Waals surface area contributed by atoms with Gasteiger partial charge in [-0.3, -0.25) is 9.78 Å². The topological polar surface area (TPSA) is 81.7 Å². The summed E-state index contributed by atoms with van der Waals surface area (Å²) in [7, 11) is -3.64. The van der Waals surface area contributed by atoms with Crippen LogP contribution in [0.3, 0.4) is 0 Å². The molecule has 0 aromatic heterocycles. The van der Waals surface area contributed by atoms with E-state index in [1.165, 1.54) is 36.8 Å². The van der Waals surface area contributed by atoms with Crippen molar-refractivity contribution in [2.24, 2.45) is 0 Å². The maximum Gasteiger partial charge on any atom is 0.352 e. The number of carbonyl (C=O) groups is 1. The summed E-state index contributed by atoms with van der Waals surface area (Å²) in [6.45, 7) is 2.80. The number of rotatable bonds is 9. The minimum absolute atomic E-state index is 0.134. The minimum Gasteiger partial charge on any atom is -0.312 e. The quantitative estimate of drug-likeness (QED) is 0.320. The normalized spacial score (nSPS) is 11.1. The zero-order valence-electron chi connectivity index (χ0n) is 16.6. The summed E-state index contributed by atoms with van der Waals surface area (Å²) in [4.78, 5) is 20.3. The molecule has 3 aromatic carbocycles. The smallest absolute Gasteiger partial charge is 0.312 e. The second-order valence-corrected chi connectivity index (χ2v) is 8.64. The summed E-state index contributed by atoms with van der Waals surface area (Å²) >= 11 is 0. The zero-order chi connectivity index (χ0) is 21.4. The lowest BCUT2D eigenvalue weighted by Crippen LogP contribution is -2.16. The highest BCUT2D eigenvalue weighted by molar-refractivity contribution is 7.91. The number of sulfone groups is 1. The fraction of sp³-hybridized carbons (Fsp3) is 0.174. The van der Waals surface area contributed by atoms with E-state index >= 15 is 0 Å². The molecule has 0 aliphatic carbocycles. The van der Waals surface area contributed by atoms with Crippen LogP contribution in [0, 0.1) is 0 Å². The van der Waals surface area contributed by atoms with Crippen LogP contribution in [0.5, 0.6) is 5.75 Å². The lowest BCUT2D eigenvalue weighted by Gasteiger charge is -2.08. The Bertz CT molecular complexity index is 1060. The number of benzene rings is 3. The van der Waals surface area contributed by atoms with Gasteiger partial charge in [0.2, 0.25) is 9.84 Å². The molecule has 0 radical (unpaired) electrons. The molecular formula is C23H23NO5S. The molecule has 6 nitrogen and oxygen atoms in total. The van der Waals surface area contributed by atoms with E-state index in [2.05, 4.69) is 22.3 Å². The van der Waals surface area contributed by atoms with Gasteiger partial charge >= 0.3 is 5.97 Å². The van der Waals surface area contributed by atoms with Crippen molar-refractivity contribution in [2.75, 3.05) is 6.54 Å². The summed E-state index contributed by atoms with van der Waals surface area (Å²) in [5.41, 5.74) is 2.28. The first-order valence-corrected chi connectivity index (χ1v) is 11.0. The molecule has 7 heteroatoms. The maximum absolute atomic E-state index is 12.8. The second kappa shape index (κ2) is 10.0. The van der Waals surface area contributed by atoms with Gasteiger partial charge in [0.15, 0.2) is 5.75 Å². The van der Waals surface area contributed by atoms with E-state index in [0.717, 1.165) is 25.1 Å². The lowest BCUT2D eigenvalue weighted by atomic mass is 10.1. The van der Waals surface area contributed by atoms with Crippen molar-refractivity contribution in [1.82, 2.24) is 5.32 Å². The standard InChI is InChI=1S/C23H23NO5S/c1-18(25)28-29-21-9-13-23(14-10-21)30(26,27)22-11-7-19(8-12-22)15-16-24-17-20-5-3-2-4-6-20/h2-14,24H,15-17H2,1H3. The van der Waals surface area contributed by atoms with Crippen molar-refractivity contribution in [3.8, 4) is 5.75 Å². The molecule has 30 heavy (non-hydrogen) atoms. The van der Waals surface area contributed by atoms with Gasteiger partial charge in [-0.15, -0.1) is 0 Å². The van der Waals surface area contributed by atoms with Gasteiger partial charge in [-0.05, 0) is 60.5 Å². The molecule has 0 spiro atoms. The van der Waals surface area contributed by atoms with E-state index in [0.29, 0.717) is 0 Å². The molecule has 0 atom stereocenters. The number of hydrogen-bond acceptors (Lipinski definition) is 6. The Hall–Kier alpha value is -3.16. The van der Waals surface area contributed by atoms with Crippen LogP contribution in [0.25, 0.3) is 0 Å². The first-order chi connectivity index (χ1) is 14.4. The monoisotopic (exact) mass is 425 g/mol. The number of nitrogens with one attached hydrogen (secondary N) is 1. The first-order valence-electron chi connectivity index (χ1n) is 9.49. The van der Waals surface area contributed by atoms with Crippen molar-refractivity contribution in [3.05, 3.63) is 90.0 Å². The van der Waals surface area contributed by atoms with Crippen molar-refractivity contribution >= 4 is 15.8 Å². The third-order valence-corrected chi connectivity index (χ3v) is 6.17. The number of hydrogen-bond donors (Lipinski definition) is 1. The molecule has 3 rings (SSSR count). The van der Waals surface area contributed by atoms with Crippen LogP contribution in [-0.4, -0.2) is 20.9 Å². The molecule has 0 bridgehead atoms. The van der Waals surface area contributed by atoms with Crippen LogP contribution in [0.4, 0.5) is 0 Å². The Labute approximate surface area is 176 Å². The Kier molecular flexibility index (Phi) is 7.21. The van der Waals surface area contributed by atoms with Crippen LogP contribution in [-0.2, 0) is 32.5 Å². The summed E-state index contributed by atoms with van der Waals surface area (Å²) in [6.07, 6.45) is 0.801. The summed E-state index contributed by atoms with van der Waals surface area (Å²) in [6, 6.07) is 22.7. The number of carbonyl (C=O) groups excluding carboxylic acids is 1. The fourth-order valence-electron chi connectivity index (χ4n) is 2.81. The average molecular weight is 426 g/mol. The third-order valence-electron chi connectivity index (χ3n) is 4.39. The lowest BCUT2D eigenvalue weighted by molar-refractivity contribution is -0.210. The average Bonchev–Trinajstić information content (AvgIpc) is 2.76. The molecule has 0 heterocycles. The highest BCUT2D eigenvalue weighted by Gasteiger charge is 2.17. The van der Waals surface area contributed by atoms with Crippen molar-refractivity contribution in [2.45, 2.75) is 29.7 Å². The Balaban J connectivity index is 1.57. The molecule has 0 saturated heterocycles. The predicted octanol–water partition coefficient (Wildman–Crippen LogP) is 3.71. The van der Waals surface area contributed by atoms with Crippen LogP contribution in [0.15, 0.2) is 88.7 Å². The van der Waals surface area contributed by atoms with Crippen LogP contribution in [0.1, 0.15) is 18.1 Å². The highest BCUT2D eigenvalue weighted by Crippen LogP contribution is 2.23. The largest absolute Gasteiger partial charge is 0.352 e. The van der Waals surface area contributed by atoms with Crippen molar-refractivity contribution < 1.29 is 23.0 Å². The molecule has 0 aliphatic heterocycles. The minimum atomic E-state index is -3.64. The SMILES string of the molecule is CC(=O)OOc1ccc(S(=O)(=O)c2ccc(CCNCc3ccccc3)cc2)cc1. The third kappa shape index (κ3) is 5.92. The molecule has 0 amide bonds. The molecule has 3 aromatic rings. The predicted molar refractivity (Wildman–Crippen MR) is 113 cm³/mol. The highest BCUT2D eigenvalue weighted by atomic mass is 32.2. The summed E-state index contributed by atoms with van der Waals surface area (Å²) in [5, 5.41) is 3.38. The van der Waals surface area contributed by atoms with E-state index in [4.69, 9.17) is 4.89 Å². The van der Waals surface area contributed by atoms with E-state index in [1.807, 2.05) is 30.3 Å². The fourth-order valence-corrected chi connectivity index (χ4v) is 4.07. The van der Waals surface area contributed by atoms with Gasteiger partial charge in [0.05, 0.1) is 9.79 Å². The van der Waals surface area contributed by atoms with Gasteiger partial charge in [0.1, 0.15) is 0 Å². The molecular weight excluding hydrogens is 402 g/mol. The molecule has 0 saturated carbocycles. The molecule has 156 valence electrons. The Morgan fingerprint density at radius 3 is 2.03 bits per heavy atom. The van der Waals surface area contributed by atoms with E-state index in [9.17, 15) is 13.2 Å². The molecule has 0 aliphatic rings. The van der Waals surface area contributed by atoms with Crippen molar-refractivity contribution in [3.63, 3.8) is 0 Å². The van der Waals surface area contributed by atoms with Crippen LogP contribution >= 0.6 is 0 Å². The second-order valence-electron chi connectivity index (χ2n) is 6.69.